The van der Waals surface area contributed by atoms with Crippen LogP contribution in [0.25, 0.3) is 0 Å². The number of nitrogens with two attached hydrogens (primary N) is 1. The van der Waals surface area contributed by atoms with Gasteiger partial charge in [-0.05, 0) is 40.5 Å². The zero-order valence-corrected chi connectivity index (χ0v) is 23.8. The molecule has 0 spiro atoms. The largest absolute Gasteiger partial charge is 0.485 e. The first kappa shape index (κ1) is 30.8. The fraction of sp³-hybridized carbons (Fsp3) is 0.206. The van der Waals surface area contributed by atoms with Crippen LogP contribution >= 0.6 is 0 Å². The molecule has 3 amide bonds. The Morgan fingerprint density at radius 3 is 1.86 bits per heavy atom. The summed E-state index contributed by atoms with van der Waals surface area (Å²) >= 11 is 0. The molecule has 0 heterocycles. The number of hydrogen-bond acceptors (Lipinski definition) is 5. The maximum atomic E-state index is 14.3. The molecule has 0 aliphatic rings. The molecule has 0 aliphatic heterocycles. The topological polar surface area (TPSA) is 120 Å². The summed E-state index contributed by atoms with van der Waals surface area (Å²) < 4.78 is 26.5. The molecule has 222 valence electrons. The third kappa shape index (κ3) is 9.43. The van der Waals surface area contributed by atoms with Crippen molar-refractivity contribution in [3.63, 3.8) is 0 Å². The molecule has 0 saturated heterocycles. The van der Waals surface area contributed by atoms with Gasteiger partial charge in [-0.3, -0.25) is 14.4 Å². The van der Waals surface area contributed by atoms with Gasteiger partial charge >= 0.3 is 0 Å². The molecule has 43 heavy (non-hydrogen) atoms. The second-order valence-corrected chi connectivity index (χ2v) is 10.0. The summed E-state index contributed by atoms with van der Waals surface area (Å²) in [6.07, 6.45) is -0.0529. The molecule has 2 atom stereocenters. The van der Waals surface area contributed by atoms with E-state index in [1.807, 2.05) is 60.7 Å². The van der Waals surface area contributed by atoms with Crippen molar-refractivity contribution in [3.8, 4) is 11.5 Å². The maximum Gasteiger partial charge on any atom is 0.243 e. The monoisotopic (exact) mass is 583 g/mol. The van der Waals surface area contributed by atoms with Crippen LogP contribution in [0.15, 0.2) is 103 Å². The van der Waals surface area contributed by atoms with Crippen LogP contribution in [0.2, 0.25) is 0 Å². The fourth-order valence-electron chi connectivity index (χ4n) is 4.45. The first-order chi connectivity index (χ1) is 20.8. The number of ether oxygens (including phenoxy) is 2. The zero-order valence-electron chi connectivity index (χ0n) is 23.8. The van der Waals surface area contributed by atoms with Crippen LogP contribution in [0, 0.1) is 5.82 Å². The molecule has 4 aromatic carbocycles. The summed E-state index contributed by atoms with van der Waals surface area (Å²) in [7, 11) is 0. The van der Waals surface area contributed by atoms with Crippen molar-refractivity contribution in [2.45, 2.75) is 45.1 Å². The molecule has 4 rings (SSSR count). The lowest BCUT2D eigenvalue weighted by molar-refractivity contribution is -0.130. The predicted octanol–water partition coefficient (Wildman–Crippen LogP) is 4.24. The van der Waals surface area contributed by atoms with E-state index >= 15 is 0 Å². The van der Waals surface area contributed by atoms with Gasteiger partial charge in [0.2, 0.25) is 17.7 Å². The minimum Gasteiger partial charge on any atom is -0.485 e. The van der Waals surface area contributed by atoms with Gasteiger partial charge in [-0.25, -0.2) is 4.39 Å². The normalized spacial score (nSPS) is 12.0. The quantitative estimate of drug-likeness (QED) is 0.205. The average molecular weight is 584 g/mol. The van der Waals surface area contributed by atoms with Crippen LogP contribution in [0.1, 0.15) is 29.2 Å². The van der Waals surface area contributed by atoms with Crippen LogP contribution in [0.5, 0.6) is 11.5 Å². The molecule has 0 unspecified atom stereocenters. The van der Waals surface area contributed by atoms with Crippen LogP contribution in [0.3, 0.4) is 0 Å². The Labute approximate surface area is 250 Å². The second kappa shape index (κ2) is 15.2. The Kier molecular flexibility index (Phi) is 10.9. The van der Waals surface area contributed by atoms with Crippen molar-refractivity contribution < 1.29 is 28.2 Å². The zero-order chi connectivity index (χ0) is 30.6. The number of amides is 3. The molecular formula is C34H34FN3O5. The number of halogens is 1. The van der Waals surface area contributed by atoms with Gasteiger partial charge in [0.25, 0.3) is 0 Å². The van der Waals surface area contributed by atoms with E-state index in [2.05, 4.69) is 10.6 Å². The first-order valence-electron chi connectivity index (χ1n) is 13.8. The summed E-state index contributed by atoms with van der Waals surface area (Å²) in [5, 5.41) is 5.16. The third-order valence-electron chi connectivity index (χ3n) is 6.66. The standard InChI is InChI=1S/C34H34FN3O5/c1-23(39)37-30(20-27-14-8-9-15-28(27)35)34(41)38-29(33(36)40)18-26-16-17-31(42-21-24-10-4-2-5-11-24)32(19-26)43-22-25-12-6-3-7-13-25/h2-17,19,29-30H,18,20-22H2,1H3,(H2,36,40)(H,37,39)(H,38,41)/t29-,30-/m1/s1. The Hall–Kier alpha value is -5.18. The van der Waals surface area contributed by atoms with Crippen molar-refractivity contribution in [2.24, 2.45) is 5.73 Å². The first-order valence-corrected chi connectivity index (χ1v) is 13.8. The van der Waals surface area contributed by atoms with Crippen molar-refractivity contribution in [2.75, 3.05) is 0 Å². The molecule has 0 radical (unpaired) electrons. The van der Waals surface area contributed by atoms with Crippen molar-refractivity contribution >= 4 is 17.7 Å². The van der Waals surface area contributed by atoms with Gasteiger partial charge in [0.15, 0.2) is 11.5 Å². The summed E-state index contributed by atoms with van der Waals surface area (Å²) in [6.45, 7) is 1.87. The Morgan fingerprint density at radius 2 is 1.28 bits per heavy atom. The number of rotatable bonds is 14. The summed E-state index contributed by atoms with van der Waals surface area (Å²) in [5.74, 6) is -1.43. The number of benzene rings is 4. The molecule has 0 saturated carbocycles. The van der Waals surface area contributed by atoms with Crippen LogP contribution in [0.4, 0.5) is 4.39 Å². The molecule has 4 aromatic rings. The smallest absolute Gasteiger partial charge is 0.243 e. The van der Waals surface area contributed by atoms with Gasteiger partial charge in [0.1, 0.15) is 31.1 Å². The van der Waals surface area contributed by atoms with Crippen molar-refractivity contribution in [3.05, 3.63) is 131 Å². The molecule has 0 aromatic heterocycles. The average Bonchev–Trinajstić information content (AvgIpc) is 3.00. The number of carbonyl (C=O) groups is 3. The van der Waals surface area contributed by atoms with E-state index in [4.69, 9.17) is 15.2 Å². The number of carbonyl (C=O) groups excluding carboxylic acids is 3. The SMILES string of the molecule is CC(=O)N[C@H](Cc1ccccc1F)C(=O)N[C@H](Cc1ccc(OCc2ccccc2)c(OCc2ccccc2)c1)C(N)=O. The Balaban J connectivity index is 1.51. The molecule has 0 aliphatic carbocycles. The summed E-state index contributed by atoms with van der Waals surface area (Å²) in [5.41, 5.74) is 8.52. The van der Waals surface area contributed by atoms with Gasteiger partial charge in [-0.2, -0.15) is 0 Å². The van der Waals surface area contributed by atoms with E-state index in [9.17, 15) is 18.8 Å². The fourth-order valence-corrected chi connectivity index (χ4v) is 4.45. The molecule has 4 N–H and O–H groups in total. The summed E-state index contributed by atoms with van der Waals surface area (Å²) in [6, 6.07) is 28.4. The number of primary amides is 1. The highest BCUT2D eigenvalue weighted by Crippen LogP contribution is 2.30. The van der Waals surface area contributed by atoms with E-state index in [1.165, 1.54) is 25.1 Å². The number of nitrogens with one attached hydrogen (secondary N) is 2. The highest BCUT2D eigenvalue weighted by molar-refractivity contribution is 5.91. The summed E-state index contributed by atoms with van der Waals surface area (Å²) in [4.78, 5) is 37.4. The molecule has 0 bridgehead atoms. The van der Waals surface area contributed by atoms with E-state index in [-0.39, 0.29) is 25.0 Å². The minimum absolute atomic E-state index is 0.0498. The van der Waals surface area contributed by atoms with Gasteiger partial charge < -0.3 is 25.8 Å². The lowest BCUT2D eigenvalue weighted by Crippen LogP contribution is -2.54. The van der Waals surface area contributed by atoms with Crippen LogP contribution in [-0.4, -0.2) is 29.8 Å². The minimum atomic E-state index is -1.12. The van der Waals surface area contributed by atoms with Crippen LogP contribution in [-0.2, 0) is 40.4 Å². The lowest BCUT2D eigenvalue weighted by atomic mass is 10.0. The highest BCUT2D eigenvalue weighted by Gasteiger charge is 2.26. The molecular weight excluding hydrogens is 549 g/mol. The van der Waals surface area contributed by atoms with Gasteiger partial charge in [0.05, 0.1) is 0 Å². The van der Waals surface area contributed by atoms with Gasteiger partial charge in [-0.1, -0.05) is 84.9 Å². The van der Waals surface area contributed by atoms with Crippen LogP contribution < -0.4 is 25.8 Å². The molecule has 9 heteroatoms. The predicted molar refractivity (Wildman–Crippen MR) is 161 cm³/mol. The van der Waals surface area contributed by atoms with Gasteiger partial charge in [0, 0.05) is 19.8 Å². The Morgan fingerprint density at radius 1 is 0.698 bits per heavy atom. The Bertz CT molecular complexity index is 1530. The van der Waals surface area contributed by atoms with Crippen molar-refractivity contribution in [1.82, 2.24) is 10.6 Å². The lowest BCUT2D eigenvalue weighted by Gasteiger charge is -2.22. The third-order valence-corrected chi connectivity index (χ3v) is 6.66. The second-order valence-electron chi connectivity index (χ2n) is 10.0. The molecule has 0 fully saturated rings. The highest BCUT2D eigenvalue weighted by atomic mass is 19.1. The van der Waals surface area contributed by atoms with E-state index in [1.54, 1.807) is 24.3 Å². The number of hydrogen-bond donors (Lipinski definition) is 3. The maximum absolute atomic E-state index is 14.3. The van der Waals surface area contributed by atoms with Gasteiger partial charge in [-0.15, -0.1) is 0 Å². The van der Waals surface area contributed by atoms with Crippen molar-refractivity contribution in [1.29, 1.82) is 0 Å². The van der Waals surface area contributed by atoms with E-state index in [0.717, 1.165) is 11.1 Å². The van der Waals surface area contributed by atoms with E-state index < -0.39 is 35.6 Å². The van der Waals surface area contributed by atoms with E-state index in [0.29, 0.717) is 23.7 Å². The molecule has 8 nitrogen and oxygen atoms in total.